The maximum atomic E-state index is 12.0. The number of carbonyl (C=O) groups excluding carboxylic acids is 1. The zero-order chi connectivity index (χ0) is 18.9. The molecule has 0 unspecified atom stereocenters. The summed E-state index contributed by atoms with van der Waals surface area (Å²) in [5.41, 5.74) is 2.14. The monoisotopic (exact) mass is 373 g/mol. The molecule has 2 rings (SSSR count). The first-order valence-electron chi connectivity index (χ1n) is 8.37. The Morgan fingerprint density at radius 3 is 2.54 bits per heavy atom. The lowest BCUT2D eigenvalue weighted by molar-refractivity contribution is -0.139. The number of carboxylic acid groups (broad SMARTS) is 1. The van der Waals surface area contributed by atoms with Crippen LogP contribution in [0, 0.1) is 0 Å². The quantitative estimate of drug-likeness (QED) is 0.656. The van der Waals surface area contributed by atoms with E-state index in [1.54, 1.807) is 18.2 Å². The first kappa shape index (κ1) is 19.8. The molecule has 6 heteroatoms. The van der Waals surface area contributed by atoms with E-state index in [2.05, 4.69) is 31.3 Å². The summed E-state index contributed by atoms with van der Waals surface area (Å²) in [4.78, 5) is 23.6. The molecule has 2 N–H and O–H groups in total. The summed E-state index contributed by atoms with van der Waals surface area (Å²) in [6.07, 6.45) is 0. The second-order valence-corrected chi connectivity index (χ2v) is 7.17. The molecule has 5 nitrogen and oxygen atoms in total. The highest BCUT2D eigenvalue weighted by atomic mass is 32.2. The smallest absolute Gasteiger partial charge is 0.341 e. The maximum Gasteiger partial charge on any atom is 0.341 e. The summed E-state index contributed by atoms with van der Waals surface area (Å²) in [6, 6.07) is 15.3. The highest BCUT2D eigenvalue weighted by molar-refractivity contribution is 8.00. The molecule has 0 fully saturated rings. The molecule has 0 aliphatic heterocycles. The predicted octanol–water partition coefficient (Wildman–Crippen LogP) is 3.68. The number of benzene rings is 2. The number of thioether (sulfide) groups is 1. The number of ether oxygens (including phenoxy) is 1. The van der Waals surface area contributed by atoms with E-state index in [1.807, 2.05) is 18.2 Å². The second kappa shape index (κ2) is 9.87. The number of hydrogen-bond donors (Lipinski definition) is 2. The summed E-state index contributed by atoms with van der Waals surface area (Å²) >= 11 is 1.50. The number of carbonyl (C=O) groups is 2. The van der Waals surface area contributed by atoms with E-state index >= 15 is 0 Å². The van der Waals surface area contributed by atoms with Crippen LogP contribution >= 0.6 is 11.8 Å². The molecule has 1 amide bonds. The van der Waals surface area contributed by atoms with Gasteiger partial charge < -0.3 is 15.2 Å². The van der Waals surface area contributed by atoms with Crippen molar-refractivity contribution in [2.24, 2.45) is 0 Å². The number of aliphatic carboxylic acids is 1. The van der Waals surface area contributed by atoms with Crippen molar-refractivity contribution in [1.29, 1.82) is 0 Å². The number of carboxylic acids is 1. The van der Waals surface area contributed by atoms with E-state index in [4.69, 9.17) is 9.84 Å². The van der Waals surface area contributed by atoms with Crippen molar-refractivity contribution in [3.05, 3.63) is 59.7 Å². The Hall–Kier alpha value is -2.47. The van der Waals surface area contributed by atoms with Gasteiger partial charge in [0.05, 0.1) is 5.75 Å². The van der Waals surface area contributed by atoms with Crippen LogP contribution in [0.15, 0.2) is 53.4 Å². The van der Waals surface area contributed by atoms with Crippen LogP contribution in [0.3, 0.4) is 0 Å². The molecule has 26 heavy (non-hydrogen) atoms. The normalized spacial score (nSPS) is 10.6. The molecule has 2 aromatic carbocycles. The molecule has 0 spiro atoms. The fourth-order valence-corrected chi connectivity index (χ4v) is 2.97. The van der Waals surface area contributed by atoms with Gasteiger partial charge in [0.25, 0.3) is 0 Å². The van der Waals surface area contributed by atoms with Crippen LogP contribution in [0.4, 0.5) is 0 Å². The molecule has 0 aliphatic rings. The van der Waals surface area contributed by atoms with Gasteiger partial charge in [-0.3, -0.25) is 4.79 Å². The summed E-state index contributed by atoms with van der Waals surface area (Å²) in [7, 11) is 0. The molecular formula is C20H23NO4S. The molecule has 0 aliphatic carbocycles. The van der Waals surface area contributed by atoms with Crippen LogP contribution in [0.2, 0.25) is 0 Å². The minimum absolute atomic E-state index is 0.0557. The standard InChI is InChI=1S/C20H23NO4S/c1-14(2)16-6-8-18(9-7-16)26-13-19(22)21-11-15-4-3-5-17(10-15)25-12-20(23)24/h3-10,14H,11-13H2,1-2H3,(H,21,22)(H,23,24). The average molecular weight is 373 g/mol. The Kier molecular flexibility index (Phi) is 7.53. The van der Waals surface area contributed by atoms with Gasteiger partial charge in [-0.05, 0) is 41.3 Å². The van der Waals surface area contributed by atoms with Crippen molar-refractivity contribution in [3.8, 4) is 5.75 Å². The van der Waals surface area contributed by atoms with Gasteiger partial charge >= 0.3 is 5.97 Å². The molecular weight excluding hydrogens is 350 g/mol. The Morgan fingerprint density at radius 1 is 1.15 bits per heavy atom. The van der Waals surface area contributed by atoms with E-state index in [-0.39, 0.29) is 12.5 Å². The van der Waals surface area contributed by atoms with Gasteiger partial charge in [-0.1, -0.05) is 38.1 Å². The minimum atomic E-state index is -1.03. The van der Waals surface area contributed by atoms with E-state index < -0.39 is 5.97 Å². The lowest BCUT2D eigenvalue weighted by atomic mass is 10.0. The number of amides is 1. The molecule has 0 heterocycles. The summed E-state index contributed by atoms with van der Waals surface area (Å²) in [5.74, 6) is 0.226. The van der Waals surface area contributed by atoms with E-state index in [9.17, 15) is 9.59 Å². The molecule has 0 aromatic heterocycles. The van der Waals surface area contributed by atoms with Gasteiger partial charge in [0.15, 0.2) is 6.61 Å². The highest BCUT2D eigenvalue weighted by Gasteiger charge is 2.05. The number of nitrogens with one attached hydrogen (secondary N) is 1. The maximum absolute atomic E-state index is 12.0. The van der Waals surface area contributed by atoms with Gasteiger partial charge in [0.2, 0.25) is 5.91 Å². The molecule has 2 aromatic rings. The van der Waals surface area contributed by atoms with Crippen LogP contribution in [0.1, 0.15) is 30.9 Å². The first-order chi connectivity index (χ1) is 12.4. The lowest BCUT2D eigenvalue weighted by Crippen LogP contribution is -2.24. The summed E-state index contributed by atoms with van der Waals surface area (Å²) < 4.78 is 5.13. The van der Waals surface area contributed by atoms with Gasteiger partial charge in [-0.25, -0.2) is 4.79 Å². The highest BCUT2D eigenvalue weighted by Crippen LogP contribution is 2.21. The van der Waals surface area contributed by atoms with Crippen molar-refractivity contribution in [1.82, 2.24) is 5.32 Å². The minimum Gasteiger partial charge on any atom is -0.482 e. The second-order valence-electron chi connectivity index (χ2n) is 6.12. The van der Waals surface area contributed by atoms with Crippen LogP contribution in [0.5, 0.6) is 5.75 Å². The van der Waals surface area contributed by atoms with Crippen molar-refractivity contribution in [2.75, 3.05) is 12.4 Å². The Labute approximate surface area is 157 Å². The van der Waals surface area contributed by atoms with Crippen LogP contribution in [-0.4, -0.2) is 29.3 Å². The zero-order valence-electron chi connectivity index (χ0n) is 14.9. The SMILES string of the molecule is CC(C)c1ccc(SCC(=O)NCc2cccc(OCC(=O)O)c2)cc1. The van der Waals surface area contributed by atoms with Crippen molar-refractivity contribution >= 4 is 23.6 Å². The Morgan fingerprint density at radius 2 is 1.88 bits per heavy atom. The van der Waals surface area contributed by atoms with E-state index in [0.717, 1.165) is 10.5 Å². The van der Waals surface area contributed by atoms with Crippen molar-refractivity contribution < 1.29 is 19.4 Å². The van der Waals surface area contributed by atoms with E-state index in [1.165, 1.54) is 17.3 Å². The average Bonchev–Trinajstić information content (AvgIpc) is 2.63. The van der Waals surface area contributed by atoms with Crippen LogP contribution < -0.4 is 10.1 Å². The summed E-state index contributed by atoms with van der Waals surface area (Å²) in [5, 5.41) is 11.5. The van der Waals surface area contributed by atoms with Gasteiger partial charge in [-0.15, -0.1) is 11.8 Å². The molecule has 138 valence electrons. The van der Waals surface area contributed by atoms with Gasteiger partial charge in [-0.2, -0.15) is 0 Å². The van der Waals surface area contributed by atoms with Gasteiger partial charge in [0, 0.05) is 11.4 Å². The molecule has 0 radical (unpaired) electrons. The lowest BCUT2D eigenvalue weighted by Gasteiger charge is -2.09. The third-order valence-corrected chi connectivity index (χ3v) is 4.68. The number of hydrogen-bond acceptors (Lipinski definition) is 4. The van der Waals surface area contributed by atoms with Crippen molar-refractivity contribution in [3.63, 3.8) is 0 Å². The third-order valence-electron chi connectivity index (χ3n) is 3.67. The largest absolute Gasteiger partial charge is 0.482 e. The first-order valence-corrected chi connectivity index (χ1v) is 9.35. The van der Waals surface area contributed by atoms with Crippen LogP contribution in [-0.2, 0) is 16.1 Å². The predicted molar refractivity (Wildman–Crippen MR) is 103 cm³/mol. The van der Waals surface area contributed by atoms with Gasteiger partial charge in [0.1, 0.15) is 5.75 Å². The number of rotatable bonds is 9. The Balaban J connectivity index is 1.77. The molecule has 0 atom stereocenters. The van der Waals surface area contributed by atoms with Crippen molar-refractivity contribution in [2.45, 2.75) is 31.2 Å². The third kappa shape index (κ3) is 6.80. The molecule has 0 saturated carbocycles. The van der Waals surface area contributed by atoms with Crippen LogP contribution in [0.25, 0.3) is 0 Å². The fourth-order valence-electron chi connectivity index (χ4n) is 2.24. The molecule has 0 saturated heterocycles. The summed E-state index contributed by atoms with van der Waals surface area (Å²) in [6.45, 7) is 4.28. The Bertz CT molecular complexity index is 744. The zero-order valence-corrected chi connectivity index (χ0v) is 15.7. The molecule has 0 bridgehead atoms. The topological polar surface area (TPSA) is 75.6 Å². The fraction of sp³-hybridized carbons (Fsp3) is 0.300. The van der Waals surface area contributed by atoms with E-state index in [0.29, 0.717) is 24.0 Å².